The van der Waals surface area contributed by atoms with Crippen LogP contribution in [0.4, 0.5) is 0 Å². The second kappa shape index (κ2) is 6.88. The van der Waals surface area contributed by atoms with Crippen molar-refractivity contribution in [2.75, 3.05) is 6.54 Å². The van der Waals surface area contributed by atoms with E-state index in [4.69, 9.17) is 0 Å². The van der Waals surface area contributed by atoms with Crippen LogP contribution in [0.3, 0.4) is 0 Å². The van der Waals surface area contributed by atoms with Gasteiger partial charge >= 0.3 is 0 Å². The third kappa shape index (κ3) is 3.31. The normalized spacial score (nSPS) is 24.3. The van der Waals surface area contributed by atoms with Gasteiger partial charge in [0.25, 0.3) is 0 Å². The lowest BCUT2D eigenvalue weighted by atomic mass is 9.83. The molecule has 4 nitrogen and oxygen atoms in total. The predicted molar refractivity (Wildman–Crippen MR) is 73.3 cm³/mol. The third-order valence-corrected chi connectivity index (χ3v) is 4.02. The second-order valence-electron chi connectivity index (χ2n) is 5.39. The Hall–Kier alpha value is -0.900. The zero-order valence-electron chi connectivity index (χ0n) is 11.7. The maximum absolute atomic E-state index is 4.34. The van der Waals surface area contributed by atoms with Gasteiger partial charge in [0.2, 0.25) is 0 Å². The van der Waals surface area contributed by atoms with Gasteiger partial charge in [-0.25, -0.2) is 4.68 Å². The molecule has 0 radical (unpaired) electrons. The lowest BCUT2D eigenvalue weighted by Gasteiger charge is -2.30. The van der Waals surface area contributed by atoms with E-state index in [9.17, 15) is 0 Å². The average molecular weight is 250 g/mol. The van der Waals surface area contributed by atoms with Crippen LogP contribution in [-0.4, -0.2) is 21.5 Å². The van der Waals surface area contributed by atoms with Gasteiger partial charge in [-0.2, -0.15) is 0 Å². The van der Waals surface area contributed by atoms with E-state index < -0.39 is 0 Å². The summed E-state index contributed by atoms with van der Waals surface area (Å²) in [5.74, 6) is 0.789. The number of hydrogen-bond donors (Lipinski definition) is 1. The van der Waals surface area contributed by atoms with E-state index in [-0.39, 0.29) is 0 Å². The highest BCUT2D eigenvalue weighted by Gasteiger charge is 2.25. The summed E-state index contributed by atoms with van der Waals surface area (Å²) in [6.45, 7) is 6.37. The van der Waals surface area contributed by atoms with Crippen LogP contribution in [0.5, 0.6) is 0 Å². The molecule has 1 aromatic heterocycles. The quantitative estimate of drug-likeness (QED) is 0.789. The SMILES string of the molecule is CCCNCc1cn(C2CCCCC2CC)nn1. The Morgan fingerprint density at radius 1 is 1.33 bits per heavy atom. The summed E-state index contributed by atoms with van der Waals surface area (Å²) < 4.78 is 2.12. The van der Waals surface area contributed by atoms with Crippen molar-refractivity contribution in [3.63, 3.8) is 0 Å². The smallest absolute Gasteiger partial charge is 0.0964 e. The van der Waals surface area contributed by atoms with E-state index in [1.807, 2.05) is 0 Å². The molecule has 1 saturated carbocycles. The van der Waals surface area contributed by atoms with Crippen molar-refractivity contribution in [3.05, 3.63) is 11.9 Å². The second-order valence-corrected chi connectivity index (χ2v) is 5.39. The topological polar surface area (TPSA) is 42.7 Å². The number of nitrogens with zero attached hydrogens (tertiary/aromatic N) is 3. The summed E-state index contributed by atoms with van der Waals surface area (Å²) in [5.41, 5.74) is 1.07. The molecule has 2 unspecified atom stereocenters. The van der Waals surface area contributed by atoms with Gasteiger partial charge < -0.3 is 5.32 Å². The Morgan fingerprint density at radius 2 is 2.17 bits per heavy atom. The lowest BCUT2D eigenvalue weighted by molar-refractivity contribution is 0.214. The van der Waals surface area contributed by atoms with Crippen molar-refractivity contribution >= 4 is 0 Å². The zero-order chi connectivity index (χ0) is 12.8. The number of aromatic nitrogens is 3. The molecule has 18 heavy (non-hydrogen) atoms. The van der Waals surface area contributed by atoms with Crippen molar-refractivity contribution in [3.8, 4) is 0 Å². The van der Waals surface area contributed by atoms with Crippen LogP contribution in [0.2, 0.25) is 0 Å². The summed E-state index contributed by atoms with van der Waals surface area (Å²) in [5, 5.41) is 12.0. The van der Waals surface area contributed by atoms with Gasteiger partial charge in [-0.05, 0) is 31.7 Å². The van der Waals surface area contributed by atoms with Crippen molar-refractivity contribution < 1.29 is 0 Å². The minimum atomic E-state index is 0.580. The molecule has 0 spiro atoms. The van der Waals surface area contributed by atoms with Crippen LogP contribution in [0.1, 0.15) is 64.1 Å². The number of nitrogens with one attached hydrogen (secondary N) is 1. The molecule has 1 heterocycles. The fourth-order valence-electron chi connectivity index (χ4n) is 2.96. The molecule has 0 amide bonds. The first-order valence-electron chi connectivity index (χ1n) is 7.46. The highest BCUT2D eigenvalue weighted by atomic mass is 15.4. The van der Waals surface area contributed by atoms with E-state index in [0.29, 0.717) is 6.04 Å². The van der Waals surface area contributed by atoms with Gasteiger partial charge in [-0.1, -0.05) is 38.3 Å². The Labute approximate surface area is 110 Å². The maximum Gasteiger partial charge on any atom is 0.0964 e. The highest BCUT2D eigenvalue weighted by molar-refractivity contribution is 4.94. The van der Waals surface area contributed by atoms with Crippen LogP contribution in [-0.2, 0) is 6.54 Å². The fraction of sp³-hybridized carbons (Fsp3) is 0.857. The average Bonchev–Trinajstić information content (AvgIpc) is 2.88. The van der Waals surface area contributed by atoms with Crippen molar-refractivity contribution in [1.29, 1.82) is 0 Å². The van der Waals surface area contributed by atoms with Crippen molar-refractivity contribution in [2.24, 2.45) is 5.92 Å². The molecular weight excluding hydrogens is 224 g/mol. The monoisotopic (exact) mass is 250 g/mol. The van der Waals surface area contributed by atoms with Gasteiger partial charge in [0.1, 0.15) is 0 Å². The Kier molecular flexibility index (Phi) is 5.17. The van der Waals surface area contributed by atoms with Crippen LogP contribution in [0.25, 0.3) is 0 Å². The van der Waals surface area contributed by atoms with Gasteiger partial charge in [-0.3, -0.25) is 0 Å². The minimum Gasteiger partial charge on any atom is -0.311 e. The maximum atomic E-state index is 4.34. The summed E-state index contributed by atoms with van der Waals surface area (Å²) in [7, 11) is 0. The first-order chi connectivity index (χ1) is 8.85. The Bertz CT molecular complexity index is 347. The zero-order valence-corrected chi connectivity index (χ0v) is 11.7. The lowest BCUT2D eigenvalue weighted by Crippen LogP contribution is -2.23. The molecule has 102 valence electrons. The molecule has 0 aliphatic heterocycles. The van der Waals surface area contributed by atoms with Gasteiger partial charge in [0.05, 0.1) is 17.9 Å². The van der Waals surface area contributed by atoms with E-state index in [1.165, 1.54) is 32.1 Å². The molecule has 4 heteroatoms. The number of hydrogen-bond acceptors (Lipinski definition) is 3. The van der Waals surface area contributed by atoms with E-state index >= 15 is 0 Å². The molecule has 1 fully saturated rings. The van der Waals surface area contributed by atoms with E-state index in [1.54, 1.807) is 0 Å². The molecule has 1 N–H and O–H groups in total. The summed E-state index contributed by atoms with van der Waals surface area (Å²) in [6, 6.07) is 0.580. The van der Waals surface area contributed by atoms with Crippen LogP contribution in [0.15, 0.2) is 6.20 Å². The van der Waals surface area contributed by atoms with Gasteiger partial charge in [0.15, 0.2) is 0 Å². The Morgan fingerprint density at radius 3 is 2.94 bits per heavy atom. The van der Waals surface area contributed by atoms with Gasteiger partial charge in [-0.15, -0.1) is 5.10 Å². The first-order valence-corrected chi connectivity index (χ1v) is 7.46. The summed E-state index contributed by atoms with van der Waals surface area (Å²) in [4.78, 5) is 0. The molecular formula is C14H26N4. The van der Waals surface area contributed by atoms with Gasteiger partial charge in [0, 0.05) is 6.54 Å². The van der Waals surface area contributed by atoms with Crippen LogP contribution < -0.4 is 5.32 Å². The largest absolute Gasteiger partial charge is 0.311 e. The predicted octanol–water partition coefficient (Wildman–Crippen LogP) is 2.92. The molecule has 1 aromatic rings. The summed E-state index contributed by atoms with van der Waals surface area (Å²) >= 11 is 0. The summed E-state index contributed by atoms with van der Waals surface area (Å²) in [6.07, 6.45) is 9.90. The molecule has 1 aliphatic carbocycles. The van der Waals surface area contributed by atoms with E-state index in [2.05, 4.69) is 40.4 Å². The molecule has 0 bridgehead atoms. The van der Waals surface area contributed by atoms with Crippen LogP contribution in [0, 0.1) is 5.92 Å². The minimum absolute atomic E-state index is 0.580. The first kappa shape index (κ1) is 13.5. The van der Waals surface area contributed by atoms with Crippen molar-refractivity contribution in [1.82, 2.24) is 20.3 Å². The van der Waals surface area contributed by atoms with Crippen molar-refractivity contribution in [2.45, 2.75) is 65.0 Å². The van der Waals surface area contributed by atoms with E-state index in [0.717, 1.165) is 31.1 Å². The highest BCUT2D eigenvalue weighted by Crippen LogP contribution is 2.35. The Balaban J connectivity index is 1.95. The number of rotatable bonds is 6. The molecule has 2 atom stereocenters. The molecule has 0 saturated heterocycles. The fourth-order valence-corrected chi connectivity index (χ4v) is 2.96. The molecule has 1 aliphatic rings. The van der Waals surface area contributed by atoms with Crippen LogP contribution >= 0.6 is 0 Å². The standard InChI is InChI=1S/C14H26N4/c1-3-9-15-10-13-11-18(17-16-13)14-8-6-5-7-12(14)4-2/h11-12,14-15H,3-10H2,1-2H3. The third-order valence-electron chi connectivity index (χ3n) is 4.02. The molecule has 2 rings (SSSR count). The molecule has 0 aromatic carbocycles.